The zero-order chi connectivity index (χ0) is 14.5. The van der Waals surface area contributed by atoms with Crippen molar-refractivity contribution in [3.8, 4) is 0 Å². The molecule has 0 aliphatic carbocycles. The van der Waals surface area contributed by atoms with Gasteiger partial charge in [0, 0.05) is 0 Å². The summed E-state index contributed by atoms with van der Waals surface area (Å²) in [5, 5.41) is 36.3. The molecular weight excluding hydrogens is 266 g/mol. The average molecular weight is 281 g/mol. The lowest BCUT2D eigenvalue weighted by molar-refractivity contribution is -0.0655. The standard InChI is InChI=1S/C11H15N5O4/c1-11(19)8(18)4(2-17)20-9(11)6-5-7(16-15-6)10(12)14-3-13-5/h3-4,8-9,17-19H,2H2,1H3,(H,15,16)(H2,12,13,14)/t4-,8-,9+,11-/m1/s1. The molecule has 0 aromatic carbocycles. The van der Waals surface area contributed by atoms with E-state index in [4.69, 9.17) is 10.5 Å². The van der Waals surface area contributed by atoms with Crippen LogP contribution in [0.1, 0.15) is 18.7 Å². The molecule has 3 heterocycles. The number of fused-ring (bicyclic) bond motifs is 1. The maximum atomic E-state index is 10.4. The molecule has 0 saturated carbocycles. The third-order valence-electron chi connectivity index (χ3n) is 3.63. The summed E-state index contributed by atoms with van der Waals surface area (Å²) in [4.78, 5) is 7.90. The first-order valence-corrected chi connectivity index (χ1v) is 6.08. The molecule has 1 aliphatic heterocycles. The van der Waals surface area contributed by atoms with Gasteiger partial charge >= 0.3 is 0 Å². The molecule has 0 radical (unpaired) electrons. The van der Waals surface area contributed by atoms with Crippen LogP contribution >= 0.6 is 0 Å². The highest BCUT2D eigenvalue weighted by atomic mass is 16.6. The number of hydrogen-bond donors (Lipinski definition) is 5. The Morgan fingerprint density at radius 2 is 2.25 bits per heavy atom. The number of rotatable bonds is 2. The third kappa shape index (κ3) is 1.68. The van der Waals surface area contributed by atoms with Gasteiger partial charge in [0.2, 0.25) is 0 Å². The van der Waals surface area contributed by atoms with Gasteiger partial charge in [0.05, 0.1) is 6.61 Å². The van der Waals surface area contributed by atoms with E-state index in [0.717, 1.165) is 0 Å². The summed E-state index contributed by atoms with van der Waals surface area (Å²) in [6.07, 6.45) is -1.78. The Kier molecular flexibility index (Phi) is 2.87. The molecule has 0 spiro atoms. The first-order valence-electron chi connectivity index (χ1n) is 6.08. The summed E-state index contributed by atoms with van der Waals surface area (Å²) >= 11 is 0. The average Bonchev–Trinajstić information content (AvgIpc) is 2.92. The zero-order valence-electron chi connectivity index (χ0n) is 10.7. The molecule has 3 rings (SSSR count). The van der Waals surface area contributed by atoms with Crippen molar-refractivity contribution in [3.63, 3.8) is 0 Å². The molecule has 0 amide bonds. The van der Waals surface area contributed by atoms with Crippen LogP contribution in [-0.2, 0) is 4.74 Å². The summed E-state index contributed by atoms with van der Waals surface area (Å²) in [7, 11) is 0. The second kappa shape index (κ2) is 4.35. The lowest BCUT2D eigenvalue weighted by Crippen LogP contribution is -2.43. The number of hydrogen-bond acceptors (Lipinski definition) is 8. The summed E-state index contributed by atoms with van der Waals surface area (Å²) in [6.45, 7) is 1.01. The highest BCUT2D eigenvalue weighted by Gasteiger charge is 2.53. The second-order valence-corrected chi connectivity index (χ2v) is 5.00. The number of nitrogens with zero attached hydrogens (tertiary/aromatic N) is 3. The van der Waals surface area contributed by atoms with Gasteiger partial charge < -0.3 is 25.8 Å². The van der Waals surface area contributed by atoms with Gasteiger partial charge in [-0.05, 0) is 6.92 Å². The smallest absolute Gasteiger partial charge is 0.152 e. The minimum Gasteiger partial charge on any atom is -0.394 e. The van der Waals surface area contributed by atoms with Crippen LogP contribution in [0.2, 0.25) is 0 Å². The molecule has 6 N–H and O–H groups in total. The number of anilines is 1. The fraction of sp³-hybridized carbons (Fsp3) is 0.545. The van der Waals surface area contributed by atoms with E-state index in [1.165, 1.54) is 13.3 Å². The number of nitrogens with two attached hydrogens (primary N) is 1. The normalized spacial score (nSPS) is 33.9. The highest BCUT2D eigenvalue weighted by Crippen LogP contribution is 2.42. The van der Waals surface area contributed by atoms with E-state index in [1.807, 2.05) is 0 Å². The predicted octanol–water partition coefficient (Wildman–Crippen LogP) is -1.52. The fourth-order valence-electron chi connectivity index (χ4n) is 2.46. The summed E-state index contributed by atoms with van der Waals surface area (Å²) < 4.78 is 5.50. The Labute approximate surface area is 113 Å². The Morgan fingerprint density at radius 1 is 1.50 bits per heavy atom. The molecule has 2 aromatic rings. The monoisotopic (exact) mass is 281 g/mol. The van der Waals surface area contributed by atoms with E-state index in [1.54, 1.807) is 0 Å². The van der Waals surface area contributed by atoms with Crippen LogP contribution in [0, 0.1) is 0 Å². The van der Waals surface area contributed by atoms with Gasteiger partial charge in [-0.25, -0.2) is 9.97 Å². The van der Waals surface area contributed by atoms with Crippen LogP contribution < -0.4 is 5.73 Å². The van der Waals surface area contributed by atoms with E-state index in [-0.39, 0.29) is 5.82 Å². The maximum Gasteiger partial charge on any atom is 0.152 e. The van der Waals surface area contributed by atoms with Crippen LogP contribution in [0.4, 0.5) is 5.82 Å². The van der Waals surface area contributed by atoms with Crippen molar-refractivity contribution >= 4 is 16.9 Å². The van der Waals surface area contributed by atoms with E-state index in [2.05, 4.69) is 20.2 Å². The van der Waals surface area contributed by atoms with Crippen molar-refractivity contribution in [2.45, 2.75) is 30.8 Å². The first kappa shape index (κ1) is 13.2. The zero-order valence-corrected chi connectivity index (χ0v) is 10.7. The number of aromatic amines is 1. The molecule has 1 saturated heterocycles. The maximum absolute atomic E-state index is 10.4. The van der Waals surface area contributed by atoms with Gasteiger partial charge in [-0.15, -0.1) is 0 Å². The predicted molar refractivity (Wildman–Crippen MR) is 67.4 cm³/mol. The van der Waals surface area contributed by atoms with Crippen LogP contribution in [0.25, 0.3) is 11.0 Å². The second-order valence-electron chi connectivity index (χ2n) is 5.00. The number of aromatic nitrogens is 4. The number of nitrogens with one attached hydrogen (secondary N) is 1. The molecule has 4 atom stereocenters. The van der Waals surface area contributed by atoms with E-state index in [9.17, 15) is 15.3 Å². The Bertz CT molecular complexity index is 643. The number of ether oxygens (including phenoxy) is 1. The molecular formula is C11H15N5O4. The van der Waals surface area contributed by atoms with Crippen LogP contribution in [0.3, 0.4) is 0 Å². The molecule has 1 fully saturated rings. The molecule has 0 unspecified atom stereocenters. The minimum atomic E-state index is -1.60. The summed E-state index contributed by atoms with van der Waals surface area (Å²) in [6, 6.07) is 0. The quantitative estimate of drug-likeness (QED) is 0.445. The van der Waals surface area contributed by atoms with Crippen LogP contribution in [0.15, 0.2) is 6.33 Å². The van der Waals surface area contributed by atoms with Crippen molar-refractivity contribution in [1.29, 1.82) is 0 Å². The molecule has 20 heavy (non-hydrogen) atoms. The van der Waals surface area contributed by atoms with Crippen molar-refractivity contribution in [2.24, 2.45) is 0 Å². The number of H-pyrrole nitrogens is 1. The lowest BCUT2D eigenvalue weighted by Gasteiger charge is -2.25. The van der Waals surface area contributed by atoms with Crippen LogP contribution in [-0.4, -0.2) is 59.9 Å². The van der Waals surface area contributed by atoms with E-state index < -0.39 is 30.5 Å². The number of nitrogen functional groups attached to an aromatic ring is 1. The number of aliphatic hydroxyl groups is 3. The van der Waals surface area contributed by atoms with E-state index >= 15 is 0 Å². The lowest BCUT2D eigenvalue weighted by atomic mass is 9.91. The molecule has 108 valence electrons. The van der Waals surface area contributed by atoms with Crippen molar-refractivity contribution in [1.82, 2.24) is 20.2 Å². The van der Waals surface area contributed by atoms with Gasteiger partial charge in [-0.3, -0.25) is 5.10 Å². The molecule has 0 bridgehead atoms. The van der Waals surface area contributed by atoms with Crippen molar-refractivity contribution in [3.05, 3.63) is 12.0 Å². The van der Waals surface area contributed by atoms with Gasteiger partial charge in [-0.2, -0.15) is 5.10 Å². The van der Waals surface area contributed by atoms with E-state index in [0.29, 0.717) is 16.7 Å². The first-order chi connectivity index (χ1) is 9.46. The highest BCUT2D eigenvalue weighted by molar-refractivity contribution is 5.85. The Hall–Kier alpha value is -1.81. The largest absolute Gasteiger partial charge is 0.394 e. The van der Waals surface area contributed by atoms with Gasteiger partial charge in [0.1, 0.15) is 47.0 Å². The minimum absolute atomic E-state index is 0.227. The van der Waals surface area contributed by atoms with Crippen molar-refractivity contribution in [2.75, 3.05) is 12.3 Å². The SMILES string of the molecule is C[C@@]1(O)[C@H](O)[C@@H](CO)O[C@H]1c1n[nH]c2c(N)ncnc12. The van der Waals surface area contributed by atoms with Gasteiger partial charge in [0.25, 0.3) is 0 Å². The number of aliphatic hydroxyl groups excluding tert-OH is 2. The van der Waals surface area contributed by atoms with Gasteiger partial charge in [0.15, 0.2) is 5.82 Å². The van der Waals surface area contributed by atoms with Crippen LogP contribution in [0.5, 0.6) is 0 Å². The topological polar surface area (TPSA) is 150 Å². The van der Waals surface area contributed by atoms with Gasteiger partial charge in [-0.1, -0.05) is 0 Å². The van der Waals surface area contributed by atoms with Crippen molar-refractivity contribution < 1.29 is 20.1 Å². The molecule has 2 aromatic heterocycles. The third-order valence-corrected chi connectivity index (χ3v) is 3.63. The Balaban J connectivity index is 2.10. The summed E-state index contributed by atoms with van der Waals surface area (Å²) in [5.74, 6) is 0.227. The Morgan fingerprint density at radius 3 is 2.90 bits per heavy atom. The fourth-order valence-corrected chi connectivity index (χ4v) is 2.46. The molecule has 9 heteroatoms. The summed E-state index contributed by atoms with van der Waals surface area (Å²) in [5.41, 5.74) is 5.26. The molecule has 1 aliphatic rings. The molecule has 9 nitrogen and oxygen atoms in total.